The molecule has 2 aromatic carbocycles. The molecule has 3 rings (SSSR count). The largest absolute Gasteiger partial charge is 0.507 e. The van der Waals surface area contributed by atoms with Gasteiger partial charge in [0, 0.05) is 12.1 Å². The zero-order chi connectivity index (χ0) is 26.2. The number of ketones is 1. The van der Waals surface area contributed by atoms with Crippen molar-refractivity contribution in [2.45, 2.75) is 39.7 Å². The monoisotopic (exact) mass is 498 g/mol. The lowest BCUT2D eigenvalue weighted by Gasteiger charge is -2.27. The summed E-state index contributed by atoms with van der Waals surface area (Å²) in [5, 5.41) is 11.1. The number of benzene rings is 2. The van der Waals surface area contributed by atoms with Crippen molar-refractivity contribution in [2.75, 3.05) is 39.9 Å². The fraction of sp³-hybridized carbons (Fsp3) is 0.429. The number of amides is 1. The lowest BCUT2D eigenvalue weighted by atomic mass is 9.95. The number of nitrogens with zero attached hydrogens (tertiary/aromatic N) is 2. The van der Waals surface area contributed by atoms with Crippen molar-refractivity contribution in [2.24, 2.45) is 0 Å². The van der Waals surface area contributed by atoms with Gasteiger partial charge < -0.3 is 24.4 Å². The van der Waals surface area contributed by atoms with Crippen LogP contribution in [0.1, 0.15) is 50.8 Å². The van der Waals surface area contributed by atoms with Crippen LogP contribution in [-0.4, -0.2) is 66.5 Å². The molecule has 2 aromatic rings. The van der Waals surface area contributed by atoms with Gasteiger partial charge in [0.05, 0.1) is 25.3 Å². The first kappa shape index (κ1) is 27.2. The van der Waals surface area contributed by atoms with Crippen LogP contribution >= 0.6 is 0 Å². The molecule has 0 aromatic heterocycles. The molecule has 36 heavy (non-hydrogen) atoms. The van der Waals surface area contributed by atoms with Gasteiger partial charge >= 0.3 is 0 Å². The third kappa shape index (κ3) is 5.87. The third-order valence-corrected chi connectivity index (χ3v) is 6.39. The van der Waals surface area contributed by atoms with Crippen LogP contribution in [0.4, 0.5) is 4.39 Å². The Bertz CT molecular complexity index is 1100. The van der Waals surface area contributed by atoms with Gasteiger partial charge in [-0.05, 0) is 74.4 Å². The third-order valence-electron chi connectivity index (χ3n) is 6.39. The number of halogens is 1. The van der Waals surface area contributed by atoms with Crippen LogP contribution in [0.5, 0.6) is 11.5 Å². The Labute approximate surface area is 212 Å². The number of aliphatic hydroxyl groups is 1. The predicted octanol–water partition coefficient (Wildman–Crippen LogP) is 4.78. The molecule has 0 aliphatic carbocycles. The van der Waals surface area contributed by atoms with Gasteiger partial charge in [0.25, 0.3) is 11.7 Å². The summed E-state index contributed by atoms with van der Waals surface area (Å²) in [7, 11) is 1.53. The van der Waals surface area contributed by atoms with E-state index < -0.39 is 23.5 Å². The highest BCUT2D eigenvalue weighted by molar-refractivity contribution is 6.46. The molecule has 0 bridgehead atoms. The van der Waals surface area contributed by atoms with Crippen molar-refractivity contribution in [3.63, 3.8) is 0 Å². The van der Waals surface area contributed by atoms with Crippen molar-refractivity contribution in [3.8, 4) is 11.5 Å². The van der Waals surface area contributed by atoms with Gasteiger partial charge in [0.2, 0.25) is 0 Å². The number of methoxy groups -OCH3 is 1. The lowest BCUT2D eigenvalue weighted by Crippen LogP contribution is -2.33. The predicted molar refractivity (Wildman–Crippen MR) is 137 cm³/mol. The van der Waals surface area contributed by atoms with E-state index in [1.807, 2.05) is 6.92 Å². The quantitative estimate of drug-likeness (QED) is 0.258. The Hall–Kier alpha value is -3.39. The van der Waals surface area contributed by atoms with Crippen LogP contribution in [0.15, 0.2) is 48.0 Å². The molecule has 0 spiro atoms. The zero-order valence-corrected chi connectivity index (χ0v) is 21.4. The van der Waals surface area contributed by atoms with Gasteiger partial charge in [0.15, 0.2) is 11.5 Å². The topological polar surface area (TPSA) is 79.3 Å². The summed E-state index contributed by atoms with van der Waals surface area (Å²) in [6, 6.07) is 9.62. The average Bonchev–Trinajstić information content (AvgIpc) is 3.14. The summed E-state index contributed by atoms with van der Waals surface area (Å²) in [5.41, 5.74) is 0.845. The number of Topliss-reactive ketones (excluding diaryl/α,β-unsaturated/α-hetero) is 1. The first-order valence-corrected chi connectivity index (χ1v) is 12.4. The molecule has 1 aliphatic rings. The minimum atomic E-state index is -0.819. The standard InChI is InChI=1S/C28H35FN2O5/c1-5-17-36-22-14-11-20(18-23(22)35-4)25-24(26(32)19-9-12-21(29)13-10-19)27(33)28(34)31(25)16-8-15-30(6-2)7-3/h9-14,18,25,32H,5-8,15-17H2,1-4H3/b26-24-. The van der Waals surface area contributed by atoms with Crippen LogP contribution in [0.25, 0.3) is 5.76 Å². The molecule has 194 valence electrons. The Morgan fingerprint density at radius 2 is 1.75 bits per heavy atom. The second-order valence-corrected chi connectivity index (χ2v) is 8.64. The Balaban J connectivity index is 2.07. The van der Waals surface area contributed by atoms with Crippen molar-refractivity contribution < 1.29 is 28.6 Å². The molecule has 1 fully saturated rings. The minimum Gasteiger partial charge on any atom is -0.507 e. The second-order valence-electron chi connectivity index (χ2n) is 8.64. The maximum absolute atomic E-state index is 13.5. The van der Waals surface area contributed by atoms with Gasteiger partial charge in [-0.2, -0.15) is 0 Å². The summed E-state index contributed by atoms with van der Waals surface area (Å²) in [6.07, 6.45) is 1.49. The molecule has 1 saturated heterocycles. The zero-order valence-electron chi connectivity index (χ0n) is 21.4. The van der Waals surface area contributed by atoms with E-state index in [0.29, 0.717) is 36.6 Å². The number of hydrogen-bond donors (Lipinski definition) is 1. The van der Waals surface area contributed by atoms with Crippen LogP contribution in [0, 0.1) is 5.82 Å². The van der Waals surface area contributed by atoms with Crippen LogP contribution in [-0.2, 0) is 9.59 Å². The van der Waals surface area contributed by atoms with Crippen molar-refractivity contribution in [1.82, 2.24) is 9.80 Å². The molecule has 0 saturated carbocycles. The number of likely N-dealkylation sites (tertiary alicyclic amines) is 1. The molecular weight excluding hydrogens is 463 g/mol. The van der Waals surface area contributed by atoms with Gasteiger partial charge in [-0.25, -0.2) is 4.39 Å². The van der Waals surface area contributed by atoms with E-state index in [0.717, 1.165) is 26.1 Å². The van der Waals surface area contributed by atoms with Crippen LogP contribution in [0.3, 0.4) is 0 Å². The molecular formula is C28H35FN2O5. The SMILES string of the molecule is CCCOc1ccc(C2/C(=C(/O)c3ccc(F)cc3)C(=O)C(=O)N2CCCN(CC)CC)cc1OC. The van der Waals surface area contributed by atoms with E-state index in [1.165, 1.54) is 36.3 Å². The van der Waals surface area contributed by atoms with E-state index >= 15 is 0 Å². The first-order valence-electron chi connectivity index (χ1n) is 12.4. The van der Waals surface area contributed by atoms with Crippen molar-refractivity contribution in [1.29, 1.82) is 0 Å². The van der Waals surface area contributed by atoms with Gasteiger partial charge in [-0.3, -0.25) is 9.59 Å². The van der Waals surface area contributed by atoms with Crippen LogP contribution < -0.4 is 9.47 Å². The van der Waals surface area contributed by atoms with E-state index in [2.05, 4.69) is 18.7 Å². The van der Waals surface area contributed by atoms with Crippen LogP contribution in [0.2, 0.25) is 0 Å². The second kappa shape index (κ2) is 12.5. The van der Waals surface area contributed by atoms with Gasteiger partial charge in [-0.15, -0.1) is 0 Å². The highest BCUT2D eigenvalue weighted by Crippen LogP contribution is 2.42. The fourth-order valence-corrected chi connectivity index (χ4v) is 4.41. The Morgan fingerprint density at radius 3 is 2.36 bits per heavy atom. The molecule has 1 atom stereocenters. The van der Waals surface area contributed by atoms with E-state index in [1.54, 1.807) is 18.2 Å². The number of carbonyl (C=O) groups is 2. The van der Waals surface area contributed by atoms with E-state index in [4.69, 9.17) is 9.47 Å². The summed E-state index contributed by atoms with van der Waals surface area (Å²) in [6.45, 7) is 9.56. The summed E-state index contributed by atoms with van der Waals surface area (Å²) >= 11 is 0. The average molecular weight is 499 g/mol. The Kier molecular flexibility index (Phi) is 9.47. The number of rotatable bonds is 12. The van der Waals surface area contributed by atoms with Gasteiger partial charge in [-0.1, -0.05) is 26.8 Å². The highest BCUT2D eigenvalue weighted by Gasteiger charge is 2.46. The Morgan fingerprint density at radius 1 is 1.06 bits per heavy atom. The maximum Gasteiger partial charge on any atom is 0.295 e. The number of aliphatic hydroxyl groups excluding tert-OH is 1. The summed E-state index contributed by atoms with van der Waals surface area (Å²) in [5.74, 6) is -1.22. The van der Waals surface area contributed by atoms with E-state index in [9.17, 15) is 19.1 Å². The maximum atomic E-state index is 13.5. The molecule has 1 amide bonds. The van der Waals surface area contributed by atoms with Crippen molar-refractivity contribution >= 4 is 17.4 Å². The molecule has 1 aliphatic heterocycles. The van der Waals surface area contributed by atoms with Crippen molar-refractivity contribution in [3.05, 3.63) is 65.0 Å². The summed E-state index contributed by atoms with van der Waals surface area (Å²) < 4.78 is 24.8. The minimum absolute atomic E-state index is 0.0290. The highest BCUT2D eigenvalue weighted by atomic mass is 19.1. The lowest BCUT2D eigenvalue weighted by molar-refractivity contribution is -0.140. The van der Waals surface area contributed by atoms with E-state index in [-0.39, 0.29) is 16.9 Å². The number of carbonyl (C=O) groups excluding carboxylic acids is 2. The molecule has 1 heterocycles. The molecule has 1 N–H and O–H groups in total. The normalized spacial score (nSPS) is 17.2. The first-order chi connectivity index (χ1) is 17.4. The summed E-state index contributed by atoms with van der Waals surface area (Å²) in [4.78, 5) is 30.1. The fourth-order valence-electron chi connectivity index (χ4n) is 4.41. The molecule has 0 radical (unpaired) electrons. The molecule has 8 heteroatoms. The number of hydrogen-bond acceptors (Lipinski definition) is 6. The van der Waals surface area contributed by atoms with Gasteiger partial charge in [0.1, 0.15) is 11.6 Å². The molecule has 1 unspecified atom stereocenters. The smallest absolute Gasteiger partial charge is 0.295 e. The number of ether oxygens (including phenoxy) is 2. The molecule has 7 nitrogen and oxygen atoms in total.